The molecule has 0 amide bonds. The summed E-state index contributed by atoms with van der Waals surface area (Å²) in [6, 6.07) is 15.0. The van der Waals surface area contributed by atoms with E-state index < -0.39 is 10.8 Å². The van der Waals surface area contributed by atoms with Gasteiger partial charge in [0.25, 0.3) is 0 Å². The predicted molar refractivity (Wildman–Crippen MR) is 109 cm³/mol. The van der Waals surface area contributed by atoms with Crippen LogP contribution in [0.2, 0.25) is 0 Å². The van der Waals surface area contributed by atoms with E-state index in [1.807, 2.05) is 48.5 Å². The minimum atomic E-state index is -1.01. The molecule has 1 fully saturated rings. The van der Waals surface area contributed by atoms with Crippen LogP contribution in [-0.2, 0) is 4.79 Å². The summed E-state index contributed by atoms with van der Waals surface area (Å²) in [6.07, 6.45) is 0.198. The van der Waals surface area contributed by atoms with Gasteiger partial charge in [0.1, 0.15) is 16.3 Å². The Morgan fingerprint density at radius 3 is 2.68 bits per heavy atom. The number of fused-ring (bicyclic) bond motifs is 2. The van der Waals surface area contributed by atoms with Gasteiger partial charge in [0.05, 0.1) is 5.71 Å². The Balaban J connectivity index is 1.87. The Kier molecular flexibility index (Phi) is 5.35. The highest BCUT2D eigenvalue weighted by Crippen LogP contribution is 2.42. The number of rotatable bonds is 5. The molecule has 0 aromatic heterocycles. The molecule has 2 aliphatic rings. The molecule has 146 valence electrons. The van der Waals surface area contributed by atoms with Crippen molar-refractivity contribution in [1.29, 1.82) is 0 Å². The van der Waals surface area contributed by atoms with Gasteiger partial charge in [-0.1, -0.05) is 24.3 Å². The third-order valence-corrected chi connectivity index (χ3v) is 5.78. The normalized spacial score (nSPS) is 20.6. The fourth-order valence-corrected chi connectivity index (χ4v) is 4.12. The molecule has 7 heteroatoms. The van der Waals surface area contributed by atoms with E-state index in [-0.39, 0.29) is 18.9 Å². The van der Waals surface area contributed by atoms with Crippen LogP contribution in [0.25, 0.3) is 0 Å². The smallest absolute Gasteiger partial charge is 0.303 e. The first-order valence-corrected chi connectivity index (χ1v) is 9.76. The summed E-state index contributed by atoms with van der Waals surface area (Å²) in [6.45, 7) is 2.23. The van der Waals surface area contributed by atoms with Gasteiger partial charge in [0.15, 0.2) is 5.75 Å². The highest BCUT2D eigenvalue weighted by Gasteiger charge is 2.44. The Morgan fingerprint density at radius 2 is 1.93 bits per heavy atom. The van der Waals surface area contributed by atoms with Crippen LogP contribution in [-0.4, -0.2) is 47.3 Å². The standard InChI is InChI=1S/C21H22ClN3O3/c22-21(10-9-19(26)27,18-13-23-11-12-24-18)20-14-5-1-3-7-16(14)28-17-8-4-2-6-15(17)25-20/h1-8,18,23-24H,9-13H2,(H,26,27). The first kappa shape index (κ1) is 18.9. The maximum atomic E-state index is 11.4. The monoisotopic (exact) mass is 399 g/mol. The molecule has 2 heterocycles. The lowest BCUT2D eigenvalue weighted by atomic mass is 9.83. The average Bonchev–Trinajstić information content (AvgIpc) is 2.89. The minimum absolute atomic E-state index is 0.0502. The molecular formula is C21H22ClN3O3. The Morgan fingerprint density at radius 1 is 1.18 bits per heavy atom. The van der Waals surface area contributed by atoms with Crippen LogP contribution in [0.15, 0.2) is 53.5 Å². The van der Waals surface area contributed by atoms with Crippen molar-refractivity contribution in [3.63, 3.8) is 0 Å². The van der Waals surface area contributed by atoms with Gasteiger partial charge in [-0.3, -0.25) is 4.79 Å². The predicted octanol–water partition coefficient (Wildman–Crippen LogP) is 3.32. The quantitative estimate of drug-likeness (QED) is 0.672. The maximum Gasteiger partial charge on any atom is 0.303 e. The fraction of sp³-hybridized carbons (Fsp3) is 0.333. The molecule has 1 saturated heterocycles. The highest BCUT2D eigenvalue weighted by atomic mass is 35.5. The lowest BCUT2D eigenvalue weighted by Crippen LogP contribution is -2.61. The summed E-state index contributed by atoms with van der Waals surface area (Å²) in [5, 5.41) is 16.1. The minimum Gasteiger partial charge on any atom is -0.481 e. The second-order valence-electron chi connectivity index (χ2n) is 6.99. The van der Waals surface area contributed by atoms with E-state index >= 15 is 0 Å². The number of aliphatic carboxylic acids is 1. The SMILES string of the molecule is O=C(O)CCC(Cl)(C1=Nc2ccccc2Oc2ccccc21)C1CNCCN1. The molecule has 0 bridgehead atoms. The second kappa shape index (κ2) is 7.91. The fourth-order valence-electron chi connectivity index (χ4n) is 3.73. The number of benzene rings is 2. The van der Waals surface area contributed by atoms with E-state index in [1.54, 1.807) is 0 Å². The Hall–Kier alpha value is -2.41. The average molecular weight is 400 g/mol. The zero-order chi connectivity index (χ0) is 19.6. The number of ether oxygens (including phenoxy) is 1. The number of carbonyl (C=O) groups is 1. The van der Waals surface area contributed by atoms with Gasteiger partial charge in [-0.25, -0.2) is 4.99 Å². The summed E-state index contributed by atoms with van der Waals surface area (Å²) in [7, 11) is 0. The number of alkyl halides is 1. The van der Waals surface area contributed by atoms with E-state index in [2.05, 4.69) is 10.6 Å². The van der Waals surface area contributed by atoms with Gasteiger partial charge >= 0.3 is 5.97 Å². The van der Waals surface area contributed by atoms with Crippen molar-refractivity contribution >= 4 is 29.0 Å². The molecule has 2 atom stereocenters. The number of nitrogens with zero attached hydrogens (tertiary/aromatic N) is 1. The van der Waals surface area contributed by atoms with Crippen molar-refractivity contribution in [1.82, 2.24) is 10.6 Å². The number of hydrogen-bond acceptors (Lipinski definition) is 5. The van der Waals surface area contributed by atoms with Crippen LogP contribution in [0.1, 0.15) is 18.4 Å². The molecule has 28 heavy (non-hydrogen) atoms. The topological polar surface area (TPSA) is 83.0 Å². The Bertz CT molecular complexity index is 911. The third-order valence-electron chi connectivity index (χ3n) is 5.15. The van der Waals surface area contributed by atoms with E-state index in [0.29, 0.717) is 29.4 Å². The summed E-state index contributed by atoms with van der Waals surface area (Å²) >= 11 is 7.26. The highest BCUT2D eigenvalue weighted by molar-refractivity contribution is 6.40. The van der Waals surface area contributed by atoms with E-state index in [1.165, 1.54) is 0 Å². The summed E-state index contributed by atoms with van der Waals surface area (Å²) in [4.78, 5) is 15.3. The van der Waals surface area contributed by atoms with Gasteiger partial charge in [0.2, 0.25) is 0 Å². The van der Waals surface area contributed by atoms with Crippen molar-refractivity contribution in [3.8, 4) is 11.5 Å². The van der Waals surface area contributed by atoms with Gasteiger partial charge in [0, 0.05) is 37.7 Å². The molecule has 2 aromatic carbocycles. The van der Waals surface area contributed by atoms with Crippen LogP contribution in [0.4, 0.5) is 5.69 Å². The molecule has 0 spiro atoms. The van der Waals surface area contributed by atoms with Gasteiger partial charge < -0.3 is 20.5 Å². The molecule has 6 nitrogen and oxygen atoms in total. The van der Waals surface area contributed by atoms with Crippen molar-refractivity contribution in [2.24, 2.45) is 4.99 Å². The largest absolute Gasteiger partial charge is 0.481 e. The van der Waals surface area contributed by atoms with E-state index in [4.69, 9.17) is 21.3 Å². The molecular weight excluding hydrogens is 378 g/mol. The number of nitrogens with one attached hydrogen (secondary N) is 2. The molecule has 0 saturated carbocycles. The maximum absolute atomic E-state index is 11.4. The number of hydrogen-bond donors (Lipinski definition) is 3. The number of halogens is 1. The lowest BCUT2D eigenvalue weighted by Gasteiger charge is -2.39. The molecule has 3 N–H and O–H groups in total. The molecule has 2 aliphatic heterocycles. The first-order valence-electron chi connectivity index (χ1n) is 9.38. The third kappa shape index (κ3) is 3.63. The molecule has 0 aliphatic carbocycles. The van der Waals surface area contributed by atoms with Crippen LogP contribution in [0.5, 0.6) is 11.5 Å². The van der Waals surface area contributed by atoms with Gasteiger partial charge in [-0.15, -0.1) is 11.6 Å². The molecule has 2 unspecified atom stereocenters. The molecule has 0 radical (unpaired) electrons. The van der Waals surface area contributed by atoms with Crippen molar-refractivity contribution in [3.05, 3.63) is 54.1 Å². The zero-order valence-electron chi connectivity index (χ0n) is 15.3. The van der Waals surface area contributed by atoms with Crippen molar-refractivity contribution in [2.75, 3.05) is 19.6 Å². The zero-order valence-corrected chi connectivity index (χ0v) is 16.1. The molecule has 4 rings (SSSR count). The van der Waals surface area contributed by atoms with Crippen LogP contribution in [0, 0.1) is 0 Å². The molecule has 2 aromatic rings. The number of aliphatic imine (C=N–C) groups is 1. The van der Waals surface area contributed by atoms with Gasteiger partial charge in [-0.05, 0) is 30.7 Å². The lowest BCUT2D eigenvalue weighted by molar-refractivity contribution is -0.137. The number of piperazine rings is 1. The number of carboxylic acids is 1. The summed E-state index contributed by atoms with van der Waals surface area (Å²) in [5.41, 5.74) is 2.10. The van der Waals surface area contributed by atoms with Crippen LogP contribution >= 0.6 is 11.6 Å². The van der Waals surface area contributed by atoms with E-state index in [9.17, 15) is 9.90 Å². The van der Waals surface area contributed by atoms with E-state index in [0.717, 1.165) is 18.7 Å². The first-order chi connectivity index (χ1) is 13.6. The second-order valence-corrected chi connectivity index (χ2v) is 7.67. The van der Waals surface area contributed by atoms with Crippen LogP contribution < -0.4 is 15.4 Å². The summed E-state index contributed by atoms with van der Waals surface area (Å²) in [5.74, 6) is 0.431. The van der Waals surface area contributed by atoms with Gasteiger partial charge in [-0.2, -0.15) is 0 Å². The number of carboxylic acid groups (broad SMARTS) is 1. The van der Waals surface area contributed by atoms with Crippen molar-refractivity contribution < 1.29 is 14.6 Å². The van der Waals surface area contributed by atoms with Crippen LogP contribution in [0.3, 0.4) is 0 Å². The number of para-hydroxylation sites is 3. The Labute approximate surface area is 168 Å². The summed E-state index contributed by atoms with van der Waals surface area (Å²) < 4.78 is 6.12. The van der Waals surface area contributed by atoms with Crippen molar-refractivity contribution in [2.45, 2.75) is 23.8 Å².